The Labute approximate surface area is 81.4 Å². The summed E-state index contributed by atoms with van der Waals surface area (Å²) in [5, 5.41) is 8.64. The largest absolute Gasteiger partial charge is 0.278 e. The lowest BCUT2D eigenvalue weighted by Crippen LogP contribution is -2.07. The third kappa shape index (κ3) is 1.72. The summed E-state index contributed by atoms with van der Waals surface area (Å²) in [4.78, 5) is 4.07. The van der Waals surface area contributed by atoms with Gasteiger partial charge in [0.25, 0.3) is 0 Å². The van der Waals surface area contributed by atoms with Crippen LogP contribution < -0.4 is 5.43 Å². The fraction of sp³-hybridized carbons (Fsp3) is 0. The van der Waals surface area contributed by atoms with Gasteiger partial charge in [0, 0.05) is 12.4 Å². The second kappa shape index (κ2) is 3.62. The van der Waals surface area contributed by atoms with Crippen molar-refractivity contribution in [3.63, 3.8) is 0 Å². The molecule has 0 amide bonds. The number of pyridine rings is 1. The Morgan fingerprint density at radius 2 is 2.00 bits per heavy atom. The van der Waals surface area contributed by atoms with Crippen molar-refractivity contribution in [1.29, 1.82) is 5.26 Å². The van der Waals surface area contributed by atoms with E-state index in [1.54, 1.807) is 22.9 Å². The van der Waals surface area contributed by atoms with E-state index in [1.165, 1.54) is 0 Å². The molecule has 68 valence electrons. The number of aromatic nitrogens is 2. The Morgan fingerprint density at radius 1 is 1.21 bits per heavy atom. The zero-order valence-corrected chi connectivity index (χ0v) is 7.38. The highest BCUT2D eigenvalue weighted by atomic mass is 15.4. The molecule has 0 aromatic carbocycles. The zero-order valence-electron chi connectivity index (χ0n) is 7.38. The molecule has 0 atom stereocenters. The summed E-state index contributed by atoms with van der Waals surface area (Å²) < 4.78 is 1.77. The Morgan fingerprint density at radius 3 is 2.71 bits per heavy atom. The van der Waals surface area contributed by atoms with Crippen LogP contribution in [0, 0.1) is 11.3 Å². The lowest BCUT2D eigenvalue weighted by molar-refractivity contribution is 0.951. The molecule has 2 aromatic rings. The van der Waals surface area contributed by atoms with Gasteiger partial charge in [0.2, 0.25) is 0 Å². The molecule has 0 aliphatic rings. The highest BCUT2D eigenvalue weighted by Gasteiger charge is 1.95. The van der Waals surface area contributed by atoms with Crippen molar-refractivity contribution in [2.45, 2.75) is 0 Å². The normalized spacial score (nSPS) is 9.36. The average Bonchev–Trinajstić information content (AvgIpc) is 2.71. The van der Waals surface area contributed by atoms with Crippen LogP contribution in [0.5, 0.6) is 0 Å². The van der Waals surface area contributed by atoms with Gasteiger partial charge < -0.3 is 0 Å². The number of hydrogen-bond acceptors (Lipinski definition) is 3. The molecule has 4 heteroatoms. The van der Waals surface area contributed by atoms with E-state index in [2.05, 4.69) is 10.4 Å². The molecule has 0 radical (unpaired) electrons. The summed E-state index contributed by atoms with van der Waals surface area (Å²) in [5.74, 6) is 0.653. The number of nitrogens with zero attached hydrogens (tertiary/aromatic N) is 3. The molecular formula is C10H8N4. The number of anilines is 1. The first-order chi connectivity index (χ1) is 6.88. The van der Waals surface area contributed by atoms with Crippen LogP contribution in [0.2, 0.25) is 0 Å². The molecule has 0 aliphatic heterocycles. The van der Waals surface area contributed by atoms with E-state index in [9.17, 15) is 0 Å². The van der Waals surface area contributed by atoms with E-state index in [-0.39, 0.29) is 0 Å². The Hall–Kier alpha value is -2.28. The summed E-state index contributed by atoms with van der Waals surface area (Å²) in [5.41, 5.74) is 3.42. The summed E-state index contributed by atoms with van der Waals surface area (Å²) in [6.07, 6.45) is 3.72. The van der Waals surface area contributed by atoms with Crippen LogP contribution in [-0.4, -0.2) is 9.66 Å². The summed E-state index contributed by atoms with van der Waals surface area (Å²) >= 11 is 0. The molecule has 0 spiro atoms. The quantitative estimate of drug-likeness (QED) is 0.771. The van der Waals surface area contributed by atoms with Crippen molar-refractivity contribution in [2.24, 2.45) is 0 Å². The van der Waals surface area contributed by atoms with E-state index in [4.69, 9.17) is 5.26 Å². The van der Waals surface area contributed by atoms with Crippen LogP contribution in [-0.2, 0) is 0 Å². The van der Waals surface area contributed by atoms with Crippen molar-refractivity contribution in [1.82, 2.24) is 9.66 Å². The maximum atomic E-state index is 8.64. The highest BCUT2D eigenvalue weighted by Crippen LogP contribution is 2.04. The van der Waals surface area contributed by atoms with Crippen molar-refractivity contribution in [3.8, 4) is 6.07 Å². The fourth-order valence-corrected chi connectivity index (χ4v) is 1.10. The standard InChI is InChI=1S/C10H8N4/c11-8-9-4-3-5-10(12-9)13-14-6-1-2-7-14/h1-7H,(H,12,13). The molecule has 14 heavy (non-hydrogen) atoms. The third-order valence-corrected chi connectivity index (χ3v) is 1.71. The molecule has 4 nitrogen and oxygen atoms in total. The third-order valence-electron chi connectivity index (χ3n) is 1.71. The van der Waals surface area contributed by atoms with Crippen molar-refractivity contribution in [3.05, 3.63) is 48.4 Å². The minimum Gasteiger partial charge on any atom is -0.278 e. The van der Waals surface area contributed by atoms with Crippen LogP contribution in [0.15, 0.2) is 42.7 Å². The predicted octanol–water partition coefficient (Wildman–Crippen LogP) is 1.63. The second-order valence-electron chi connectivity index (χ2n) is 2.72. The van der Waals surface area contributed by atoms with Crippen LogP contribution in [0.25, 0.3) is 0 Å². The second-order valence-corrected chi connectivity index (χ2v) is 2.72. The van der Waals surface area contributed by atoms with Crippen molar-refractivity contribution >= 4 is 5.82 Å². The molecule has 0 unspecified atom stereocenters. The minimum absolute atomic E-state index is 0.405. The van der Waals surface area contributed by atoms with Crippen LogP contribution in [0.1, 0.15) is 5.69 Å². The lowest BCUT2D eigenvalue weighted by Gasteiger charge is -2.05. The van der Waals surface area contributed by atoms with Gasteiger partial charge in [0.15, 0.2) is 0 Å². The highest BCUT2D eigenvalue weighted by molar-refractivity contribution is 5.38. The van der Waals surface area contributed by atoms with E-state index >= 15 is 0 Å². The molecule has 2 rings (SSSR count). The van der Waals surface area contributed by atoms with Gasteiger partial charge in [-0.2, -0.15) is 5.26 Å². The molecule has 0 fully saturated rings. The minimum atomic E-state index is 0.405. The Balaban J connectivity index is 2.22. The molecule has 0 aliphatic carbocycles. The van der Waals surface area contributed by atoms with Gasteiger partial charge in [0.1, 0.15) is 17.6 Å². The molecule has 0 saturated heterocycles. The van der Waals surface area contributed by atoms with Gasteiger partial charge in [0.05, 0.1) is 0 Å². The van der Waals surface area contributed by atoms with Gasteiger partial charge in [-0.1, -0.05) is 6.07 Å². The monoisotopic (exact) mass is 184 g/mol. The molecule has 2 aromatic heterocycles. The molecule has 1 N–H and O–H groups in total. The fourth-order valence-electron chi connectivity index (χ4n) is 1.10. The number of nitriles is 1. The number of rotatable bonds is 2. The first kappa shape index (κ1) is 8.32. The maximum Gasteiger partial charge on any atom is 0.146 e. The maximum absolute atomic E-state index is 8.64. The smallest absolute Gasteiger partial charge is 0.146 e. The number of nitrogens with one attached hydrogen (secondary N) is 1. The Kier molecular flexibility index (Phi) is 2.15. The van der Waals surface area contributed by atoms with Gasteiger partial charge in [-0.25, -0.2) is 4.98 Å². The number of hydrogen-bond donors (Lipinski definition) is 1. The van der Waals surface area contributed by atoms with E-state index in [0.717, 1.165) is 0 Å². The topological polar surface area (TPSA) is 53.6 Å². The summed E-state index contributed by atoms with van der Waals surface area (Å²) in [7, 11) is 0. The van der Waals surface area contributed by atoms with Crippen LogP contribution in [0.4, 0.5) is 5.82 Å². The zero-order chi connectivity index (χ0) is 9.80. The average molecular weight is 184 g/mol. The van der Waals surface area contributed by atoms with E-state index in [1.807, 2.05) is 30.6 Å². The van der Waals surface area contributed by atoms with Crippen LogP contribution in [0.3, 0.4) is 0 Å². The first-order valence-electron chi connectivity index (χ1n) is 4.15. The van der Waals surface area contributed by atoms with E-state index < -0.39 is 0 Å². The van der Waals surface area contributed by atoms with Crippen molar-refractivity contribution < 1.29 is 0 Å². The summed E-state index contributed by atoms with van der Waals surface area (Å²) in [6.45, 7) is 0. The van der Waals surface area contributed by atoms with Crippen molar-refractivity contribution in [2.75, 3.05) is 5.43 Å². The lowest BCUT2D eigenvalue weighted by atomic mass is 10.4. The van der Waals surface area contributed by atoms with Gasteiger partial charge in [-0.05, 0) is 24.3 Å². The molecule has 2 heterocycles. The van der Waals surface area contributed by atoms with E-state index in [0.29, 0.717) is 11.5 Å². The molecular weight excluding hydrogens is 176 g/mol. The predicted molar refractivity (Wildman–Crippen MR) is 52.4 cm³/mol. The Bertz CT molecular complexity index is 453. The summed E-state index contributed by atoms with van der Waals surface area (Å²) in [6, 6.07) is 11.1. The first-order valence-corrected chi connectivity index (χ1v) is 4.15. The van der Waals surface area contributed by atoms with Gasteiger partial charge >= 0.3 is 0 Å². The SMILES string of the molecule is N#Cc1cccc(Nn2cccc2)n1. The molecule has 0 bridgehead atoms. The molecule has 0 saturated carbocycles. The van der Waals surface area contributed by atoms with Gasteiger partial charge in [-0.15, -0.1) is 0 Å². The van der Waals surface area contributed by atoms with Gasteiger partial charge in [-0.3, -0.25) is 10.1 Å². The van der Waals surface area contributed by atoms with Crippen LogP contribution >= 0.6 is 0 Å².